The van der Waals surface area contributed by atoms with Gasteiger partial charge in [-0.25, -0.2) is 4.98 Å². The molecular formula is C14H11ClN4O3. The molecule has 0 bridgehead atoms. The molecule has 0 radical (unpaired) electrons. The zero-order valence-corrected chi connectivity index (χ0v) is 12.5. The summed E-state index contributed by atoms with van der Waals surface area (Å²) in [6.07, 6.45) is 1.22. The molecule has 2 aromatic rings. The molecule has 1 aromatic heterocycles. The molecular weight excluding hydrogens is 308 g/mol. The van der Waals surface area contributed by atoms with Crippen molar-refractivity contribution < 1.29 is 14.3 Å². The zero-order valence-electron chi connectivity index (χ0n) is 11.8. The number of ether oxygens (including phenoxy) is 2. The Labute approximate surface area is 131 Å². The summed E-state index contributed by atoms with van der Waals surface area (Å²) in [4.78, 5) is 19.9. The van der Waals surface area contributed by atoms with Crippen LogP contribution in [-0.4, -0.2) is 30.1 Å². The summed E-state index contributed by atoms with van der Waals surface area (Å²) in [5.74, 6) is 0.0502. The van der Waals surface area contributed by atoms with E-state index in [1.54, 1.807) is 0 Å². The van der Waals surface area contributed by atoms with Crippen LogP contribution in [0.1, 0.15) is 15.9 Å². The highest BCUT2D eigenvalue weighted by atomic mass is 35.5. The van der Waals surface area contributed by atoms with Crippen molar-refractivity contribution in [2.45, 2.75) is 0 Å². The van der Waals surface area contributed by atoms with Gasteiger partial charge in [0.15, 0.2) is 5.15 Å². The lowest BCUT2D eigenvalue weighted by atomic mass is 10.1. The largest absolute Gasteiger partial charge is 0.495 e. The average molecular weight is 319 g/mol. The van der Waals surface area contributed by atoms with Gasteiger partial charge in [0.1, 0.15) is 23.8 Å². The van der Waals surface area contributed by atoms with Crippen molar-refractivity contribution >= 4 is 23.2 Å². The van der Waals surface area contributed by atoms with Crippen LogP contribution in [-0.2, 0) is 0 Å². The van der Waals surface area contributed by atoms with Crippen LogP contribution in [0.5, 0.6) is 11.6 Å². The summed E-state index contributed by atoms with van der Waals surface area (Å²) in [6.45, 7) is 0. The van der Waals surface area contributed by atoms with Crippen molar-refractivity contribution in [3.63, 3.8) is 0 Å². The number of methoxy groups -OCH3 is 2. The number of nitriles is 1. The molecule has 0 atom stereocenters. The van der Waals surface area contributed by atoms with Gasteiger partial charge in [-0.1, -0.05) is 11.6 Å². The van der Waals surface area contributed by atoms with Crippen LogP contribution in [0.3, 0.4) is 0 Å². The maximum absolute atomic E-state index is 12.3. The third-order valence-electron chi connectivity index (χ3n) is 2.78. The molecule has 0 saturated heterocycles. The number of anilines is 1. The van der Waals surface area contributed by atoms with E-state index in [1.165, 1.54) is 38.7 Å². The second-order valence-electron chi connectivity index (χ2n) is 4.03. The summed E-state index contributed by atoms with van der Waals surface area (Å²) in [5.41, 5.74) is 0.669. The number of hydrogen-bond donors (Lipinski definition) is 1. The highest BCUT2D eigenvalue weighted by Crippen LogP contribution is 2.28. The van der Waals surface area contributed by atoms with Gasteiger partial charge < -0.3 is 14.8 Å². The average Bonchev–Trinajstić information content (AvgIpc) is 2.55. The van der Waals surface area contributed by atoms with Crippen molar-refractivity contribution in [1.29, 1.82) is 5.26 Å². The number of amides is 1. The van der Waals surface area contributed by atoms with Gasteiger partial charge in [-0.3, -0.25) is 4.79 Å². The van der Waals surface area contributed by atoms with Gasteiger partial charge in [0, 0.05) is 5.56 Å². The summed E-state index contributed by atoms with van der Waals surface area (Å²) in [6, 6.07) is 6.44. The summed E-state index contributed by atoms with van der Waals surface area (Å²) in [7, 11) is 2.84. The standard InChI is InChI=1S/C14H11ClN4O3/c1-21-10-4-3-8(5-9(10)6-16)13(20)19-11-12(15)17-7-18-14(11)22-2/h3-5,7H,1-2H3,(H,19,20). The summed E-state index contributed by atoms with van der Waals surface area (Å²) >= 11 is 5.93. The fourth-order valence-corrected chi connectivity index (χ4v) is 1.90. The molecule has 1 heterocycles. The third-order valence-corrected chi connectivity index (χ3v) is 3.07. The van der Waals surface area contributed by atoms with Gasteiger partial charge in [0.25, 0.3) is 5.91 Å². The Kier molecular flexibility index (Phi) is 4.76. The molecule has 0 saturated carbocycles. The number of rotatable bonds is 4. The Hall–Kier alpha value is -2.85. The second kappa shape index (κ2) is 6.74. The number of hydrogen-bond acceptors (Lipinski definition) is 6. The van der Waals surface area contributed by atoms with Crippen LogP contribution in [0, 0.1) is 11.3 Å². The maximum atomic E-state index is 12.3. The van der Waals surface area contributed by atoms with E-state index in [9.17, 15) is 4.79 Å². The minimum Gasteiger partial charge on any atom is -0.495 e. The van der Waals surface area contributed by atoms with Crippen LogP contribution in [0.15, 0.2) is 24.5 Å². The van der Waals surface area contributed by atoms with Gasteiger partial charge in [-0.05, 0) is 18.2 Å². The highest BCUT2D eigenvalue weighted by molar-refractivity contribution is 6.33. The Morgan fingerprint density at radius 3 is 2.73 bits per heavy atom. The van der Waals surface area contributed by atoms with Crippen LogP contribution in [0.25, 0.3) is 0 Å². The molecule has 0 spiro atoms. The van der Waals surface area contributed by atoms with Crippen LogP contribution >= 0.6 is 11.6 Å². The lowest BCUT2D eigenvalue weighted by Gasteiger charge is -2.10. The topological polar surface area (TPSA) is 97.1 Å². The zero-order chi connectivity index (χ0) is 16.1. The number of aromatic nitrogens is 2. The molecule has 1 aromatic carbocycles. The van der Waals surface area contributed by atoms with E-state index in [1.807, 2.05) is 6.07 Å². The predicted octanol–water partition coefficient (Wildman–Crippen LogP) is 2.27. The molecule has 8 heteroatoms. The Bertz CT molecular complexity index is 758. The fourth-order valence-electron chi connectivity index (χ4n) is 1.73. The van der Waals surface area contributed by atoms with Gasteiger partial charge in [0.05, 0.1) is 19.8 Å². The molecule has 0 aliphatic rings. The lowest BCUT2D eigenvalue weighted by molar-refractivity contribution is 0.102. The molecule has 7 nitrogen and oxygen atoms in total. The molecule has 0 unspecified atom stereocenters. The van der Waals surface area contributed by atoms with Gasteiger partial charge in [-0.15, -0.1) is 0 Å². The second-order valence-corrected chi connectivity index (χ2v) is 4.39. The Morgan fingerprint density at radius 2 is 2.09 bits per heavy atom. The summed E-state index contributed by atoms with van der Waals surface area (Å²) in [5, 5.41) is 11.7. The Morgan fingerprint density at radius 1 is 1.32 bits per heavy atom. The van der Waals surface area contributed by atoms with E-state index in [4.69, 9.17) is 26.3 Å². The number of carbonyl (C=O) groups excluding carboxylic acids is 1. The van der Waals surface area contributed by atoms with Crippen molar-refractivity contribution in [1.82, 2.24) is 9.97 Å². The van der Waals surface area contributed by atoms with E-state index in [-0.39, 0.29) is 27.8 Å². The normalized spacial score (nSPS) is 9.73. The quantitative estimate of drug-likeness (QED) is 0.868. The van der Waals surface area contributed by atoms with Crippen LogP contribution in [0.4, 0.5) is 5.69 Å². The monoisotopic (exact) mass is 318 g/mol. The first-order chi connectivity index (χ1) is 10.6. The van der Waals surface area contributed by atoms with Gasteiger partial charge in [0.2, 0.25) is 5.88 Å². The number of nitrogens with one attached hydrogen (secondary N) is 1. The molecule has 0 fully saturated rings. The molecule has 1 amide bonds. The first-order valence-electron chi connectivity index (χ1n) is 6.04. The fraction of sp³-hybridized carbons (Fsp3) is 0.143. The van der Waals surface area contributed by atoms with E-state index < -0.39 is 5.91 Å². The number of carbonyl (C=O) groups is 1. The van der Waals surface area contributed by atoms with Crippen LogP contribution in [0.2, 0.25) is 5.15 Å². The van der Waals surface area contributed by atoms with E-state index >= 15 is 0 Å². The molecule has 2 rings (SSSR count). The Balaban J connectivity index is 2.33. The van der Waals surface area contributed by atoms with Gasteiger partial charge in [-0.2, -0.15) is 10.2 Å². The highest BCUT2D eigenvalue weighted by Gasteiger charge is 2.16. The summed E-state index contributed by atoms with van der Waals surface area (Å²) < 4.78 is 10.1. The van der Waals surface area contributed by atoms with Crippen molar-refractivity contribution in [2.24, 2.45) is 0 Å². The lowest BCUT2D eigenvalue weighted by Crippen LogP contribution is -2.14. The first-order valence-corrected chi connectivity index (χ1v) is 6.42. The minimum absolute atomic E-state index is 0.0502. The number of halogens is 1. The van der Waals surface area contributed by atoms with Crippen molar-refractivity contribution in [3.05, 3.63) is 40.8 Å². The maximum Gasteiger partial charge on any atom is 0.255 e. The third kappa shape index (κ3) is 3.07. The first kappa shape index (κ1) is 15.5. The SMILES string of the molecule is COc1ccc(C(=O)Nc2c(Cl)ncnc2OC)cc1C#N. The van der Waals surface area contributed by atoms with Crippen molar-refractivity contribution in [3.8, 4) is 17.7 Å². The molecule has 0 aliphatic carbocycles. The van der Waals surface area contributed by atoms with E-state index in [0.29, 0.717) is 5.75 Å². The van der Waals surface area contributed by atoms with Gasteiger partial charge >= 0.3 is 0 Å². The van der Waals surface area contributed by atoms with E-state index in [0.717, 1.165) is 0 Å². The molecule has 22 heavy (non-hydrogen) atoms. The predicted molar refractivity (Wildman–Crippen MR) is 79.3 cm³/mol. The molecule has 112 valence electrons. The smallest absolute Gasteiger partial charge is 0.255 e. The van der Waals surface area contributed by atoms with Crippen molar-refractivity contribution in [2.75, 3.05) is 19.5 Å². The molecule has 0 aliphatic heterocycles. The molecule has 1 N–H and O–H groups in total. The van der Waals surface area contributed by atoms with E-state index in [2.05, 4.69) is 15.3 Å². The minimum atomic E-state index is -0.478. The number of benzene rings is 1. The number of nitrogens with zero attached hydrogens (tertiary/aromatic N) is 3. The van der Waals surface area contributed by atoms with Crippen LogP contribution < -0.4 is 14.8 Å².